The number of rotatable bonds is 10. The second-order valence-electron chi connectivity index (χ2n) is 7.89. The van der Waals surface area contributed by atoms with Gasteiger partial charge in [-0.2, -0.15) is 0 Å². The molecule has 1 atom stereocenters. The molecule has 1 N–H and O–H groups in total. The summed E-state index contributed by atoms with van der Waals surface area (Å²) in [7, 11) is 0. The highest BCUT2D eigenvalue weighted by atomic mass is 16.7. The second kappa shape index (κ2) is 10.3. The molecule has 1 heterocycles. The third-order valence-electron chi connectivity index (χ3n) is 5.12. The number of hydrogen-bond acceptors (Lipinski definition) is 3. The molecule has 1 fully saturated rings. The molecule has 1 aliphatic heterocycles. The van der Waals surface area contributed by atoms with Crippen LogP contribution in [0.5, 0.6) is 0 Å². The molecule has 0 spiro atoms. The Morgan fingerprint density at radius 3 is 2.16 bits per heavy atom. The molecular formula is C22H36O3. The number of benzene rings is 1. The number of aliphatic hydroxyl groups excluding tert-OH is 1. The van der Waals surface area contributed by atoms with Crippen molar-refractivity contribution in [2.45, 2.75) is 84.0 Å². The van der Waals surface area contributed by atoms with Gasteiger partial charge in [-0.05, 0) is 44.2 Å². The van der Waals surface area contributed by atoms with Crippen molar-refractivity contribution >= 4 is 0 Å². The molecule has 1 aromatic carbocycles. The van der Waals surface area contributed by atoms with Crippen LogP contribution in [0.15, 0.2) is 24.3 Å². The maximum absolute atomic E-state index is 10.5. The Bertz CT molecular complexity index is 471. The van der Waals surface area contributed by atoms with E-state index in [1.165, 1.54) is 49.7 Å². The van der Waals surface area contributed by atoms with Gasteiger partial charge in [0, 0.05) is 5.92 Å². The first-order valence-electron chi connectivity index (χ1n) is 10.0. The van der Waals surface area contributed by atoms with Crippen molar-refractivity contribution in [3.63, 3.8) is 0 Å². The topological polar surface area (TPSA) is 38.7 Å². The fraction of sp³-hybridized carbons (Fsp3) is 0.727. The molecule has 0 bridgehead atoms. The van der Waals surface area contributed by atoms with Crippen molar-refractivity contribution in [1.82, 2.24) is 0 Å². The van der Waals surface area contributed by atoms with Crippen LogP contribution < -0.4 is 0 Å². The van der Waals surface area contributed by atoms with Crippen LogP contribution in [-0.2, 0) is 22.3 Å². The third-order valence-corrected chi connectivity index (χ3v) is 5.12. The molecule has 1 saturated heterocycles. The van der Waals surface area contributed by atoms with Gasteiger partial charge in [-0.25, -0.2) is 0 Å². The largest absolute Gasteiger partial charge is 0.392 e. The SMILES string of the molecule is CCCCCCCCc1ccc(CC(O)C2COC(C)(C)OC2)cc1. The van der Waals surface area contributed by atoms with Crippen LogP contribution in [-0.4, -0.2) is 30.2 Å². The first-order chi connectivity index (χ1) is 12.0. The molecule has 0 amide bonds. The second-order valence-corrected chi connectivity index (χ2v) is 7.89. The van der Waals surface area contributed by atoms with Crippen LogP contribution in [0.2, 0.25) is 0 Å². The van der Waals surface area contributed by atoms with E-state index in [1.807, 2.05) is 13.8 Å². The zero-order chi connectivity index (χ0) is 18.1. The van der Waals surface area contributed by atoms with Crippen molar-refractivity contribution in [3.8, 4) is 0 Å². The van der Waals surface area contributed by atoms with E-state index in [-0.39, 0.29) is 5.92 Å². The van der Waals surface area contributed by atoms with Crippen molar-refractivity contribution in [2.75, 3.05) is 13.2 Å². The normalized spacial score (nSPS) is 19.0. The highest BCUT2D eigenvalue weighted by molar-refractivity contribution is 5.23. The van der Waals surface area contributed by atoms with E-state index in [1.54, 1.807) is 0 Å². The summed E-state index contributed by atoms with van der Waals surface area (Å²) >= 11 is 0. The zero-order valence-corrected chi connectivity index (χ0v) is 16.3. The Hall–Kier alpha value is -0.900. The maximum Gasteiger partial charge on any atom is 0.162 e. The molecule has 0 radical (unpaired) electrons. The minimum absolute atomic E-state index is 0.0517. The summed E-state index contributed by atoms with van der Waals surface area (Å²) in [6.07, 6.45) is 9.43. The van der Waals surface area contributed by atoms with Crippen LogP contribution in [0.3, 0.4) is 0 Å². The van der Waals surface area contributed by atoms with Gasteiger partial charge in [0.2, 0.25) is 0 Å². The Morgan fingerprint density at radius 1 is 0.960 bits per heavy atom. The first kappa shape index (κ1) is 20.4. The van der Waals surface area contributed by atoms with Crippen molar-refractivity contribution in [3.05, 3.63) is 35.4 Å². The number of ether oxygens (including phenoxy) is 2. The summed E-state index contributed by atoms with van der Waals surface area (Å²) < 4.78 is 11.3. The zero-order valence-electron chi connectivity index (χ0n) is 16.3. The fourth-order valence-corrected chi connectivity index (χ4v) is 3.29. The smallest absolute Gasteiger partial charge is 0.162 e. The van der Waals surface area contributed by atoms with Crippen LogP contribution in [0.1, 0.15) is 70.4 Å². The third kappa shape index (κ3) is 7.47. The number of hydrogen-bond donors (Lipinski definition) is 1. The molecule has 1 unspecified atom stereocenters. The van der Waals surface area contributed by atoms with Crippen molar-refractivity contribution in [2.24, 2.45) is 5.92 Å². The summed E-state index contributed by atoms with van der Waals surface area (Å²) in [5, 5.41) is 10.5. The van der Waals surface area contributed by atoms with Gasteiger partial charge in [0.15, 0.2) is 5.79 Å². The maximum atomic E-state index is 10.5. The molecule has 1 aliphatic rings. The summed E-state index contributed by atoms with van der Waals surface area (Å²) in [5.41, 5.74) is 2.59. The summed E-state index contributed by atoms with van der Waals surface area (Å²) in [4.78, 5) is 0. The molecule has 0 aromatic heterocycles. The van der Waals surface area contributed by atoms with Gasteiger partial charge in [-0.3, -0.25) is 0 Å². The Morgan fingerprint density at radius 2 is 1.52 bits per heavy atom. The molecule has 0 aliphatic carbocycles. The lowest BCUT2D eigenvalue weighted by Crippen LogP contribution is -2.44. The molecule has 0 saturated carbocycles. The van der Waals surface area contributed by atoms with Crippen LogP contribution in [0.25, 0.3) is 0 Å². The molecular weight excluding hydrogens is 312 g/mol. The predicted octanol–water partition coefficient (Wildman–Crippen LogP) is 4.89. The quantitative estimate of drug-likeness (QED) is 0.612. The summed E-state index contributed by atoms with van der Waals surface area (Å²) in [6.45, 7) is 7.21. The predicted molar refractivity (Wildman–Crippen MR) is 103 cm³/mol. The van der Waals surface area contributed by atoms with Crippen molar-refractivity contribution < 1.29 is 14.6 Å². The van der Waals surface area contributed by atoms with E-state index in [2.05, 4.69) is 31.2 Å². The number of aryl methyl sites for hydroxylation is 1. The standard InChI is InChI=1S/C22H36O3/c1-4-5-6-7-8-9-10-18-11-13-19(14-12-18)15-21(23)20-16-24-22(2,3)25-17-20/h11-14,20-21,23H,4-10,15-17H2,1-3H3. The van der Waals surface area contributed by atoms with E-state index in [9.17, 15) is 5.11 Å². The Balaban J connectivity index is 1.69. The van der Waals surface area contributed by atoms with Gasteiger partial charge >= 0.3 is 0 Å². The lowest BCUT2D eigenvalue weighted by Gasteiger charge is -2.36. The number of aliphatic hydroxyl groups is 1. The van der Waals surface area contributed by atoms with E-state index >= 15 is 0 Å². The monoisotopic (exact) mass is 348 g/mol. The van der Waals surface area contributed by atoms with Gasteiger partial charge < -0.3 is 14.6 Å². The summed E-state index contributed by atoms with van der Waals surface area (Å²) in [6, 6.07) is 8.74. The molecule has 3 heteroatoms. The first-order valence-corrected chi connectivity index (χ1v) is 10.0. The van der Waals surface area contributed by atoms with E-state index in [0.29, 0.717) is 19.6 Å². The van der Waals surface area contributed by atoms with Gasteiger partial charge in [0.25, 0.3) is 0 Å². The molecule has 1 aromatic rings. The van der Waals surface area contributed by atoms with Gasteiger partial charge in [0.05, 0.1) is 19.3 Å². The lowest BCUT2D eigenvalue weighted by atomic mass is 9.95. The van der Waals surface area contributed by atoms with E-state index in [4.69, 9.17) is 9.47 Å². The van der Waals surface area contributed by atoms with Crippen LogP contribution in [0, 0.1) is 5.92 Å². The number of unbranched alkanes of at least 4 members (excludes halogenated alkanes) is 5. The molecule has 2 rings (SSSR count). The van der Waals surface area contributed by atoms with Crippen LogP contribution >= 0.6 is 0 Å². The van der Waals surface area contributed by atoms with Crippen molar-refractivity contribution in [1.29, 1.82) is 0 Å². The summed E-state index contributed by atoms with van der Waals surface area (Å²) in [5.74, 6) is -0.468. The average molecular weight is 349 g/mol. The van der Waals surface area contributed by atoms with E-state index in [0.717, 1.165) is 6.42 Å². The van der Waals surface area contributed by atoms with E-state index < -0.39 is 11.9 Å². The lowest BCUT2D eigenvalue weighted by molar-refractivity contribution is -0.271. The minimum Gasteiger partial charge on any atom is -0.392 e. The average Bonchev–Trinajstić information content (AvgIpc) is 2.59. The molecule has 142 valence electrons. The highest BCUT2D eigenvalue weighted by Gasteiger charge is 2.32. The fourth-order valence-electron chi connectivity index (χ4n) is 3.29. The van der Waals surface area contributed by atoms with Crippen LogP contribution in [0.4, 0.5) is 0 Å². The van der Waals surface area contributed by atoms with Gasteiger partial charge in [-0.1, -0.05) is 63.3 Å². The Labute approximate surface area is 153 Å². The minimum atomic E-state index is -0.519. The molecule has 25 heavy (non-hydrogen) atoms. The van der Waals surface area contributed by atoms with Gasteiger partial charge in [0.1, 0.15) is 0 Å². The molecule has 3 nitrogen and oxygen atoms in total. The highest BCUT2D eigenvalue weighted by Crippen LogP contribution is 2.24. The Kier molecular flexibility index (Phi) is 8.41. The van der Waals surface area contributed by atoms with Gasteiger partial charge in [-0.15, -0.1) is 0 Å².